The highest BCUT2D eigenvalue weighted by molar-refractivity contribution is 5.47. The van der Waals surface area contributed by atoms with E-state index in [0.717, 1.165) is 17.0 Å². The summed E-state index contributed by atoms with van der Waals surface area (Å²) in [6, 6.07) is 10.7. The van der Waals surface area contributed by atoms with Gasteiger partial charge in [-0.25, -0.2) is 0 Å². The summed E-state index contributed by atoms with van der Waals surface area (Å²) in [7, 11) is 0. The maximum absolute atomic E-state index is 9.24. The van der Waals surface area contributed by atoms with Crippen molar-refractivity contribution in [3.63, 3.8) is 0 Å². The Bertz CT molecular complexity index is 688. The molecule has 5 nitrogen and oxygen atoms in total. The number of rotatable bonds is 2. The first-order valence-electron chi connectivity index (χ1n) is 5.59. The molecule has 3 aromatic rings. The number of hydrogen-bond donors (Lipinski definition) is 2. The molecule has 0 saturated heterocycles. The zero-order chi connectivity index (χ0) is 12.5. The van der Waals surface area contributed by atoms with Gasteiger partial charge in [0.15, 0.2) is 5.65 Å². The van der Waals surface area contributed by atoms with E-state index >= 15 is 0 Å². The fourth-order valence-corrected chi connectivity index (χ4v) is 1.87. The minimum atomic E-state index is 0.258. The summed E-state index contributed by atoms with van der Waals surface area (Å²) in [5.41, 5.74) is 8.27. The number of anilines is 1. The standard InChI is InChI=1S/C13H12N4O/c14-10-3-6-12-15-16-13(17(12)8-10)7-9-1-4-11(18)5-2-9/h1-6,8,18H,7,14H2. The molecule has 0 aliphatic heterocycles. The molecule has 0 aliphatic rings. The third kappa shape index (κ3) is 1.86. The molecule has 0 aliphatic carbocycles. The van der Waals surface area contributed by atoms with Crippen molar-refractivity contribution >= 4 is 11.3 Å². The quantitative estimate of drug-likeness (QED) is 0.713. The van der Waals surface area contributed by atoms with Crippen molar-refractivity contribution < 1.29 is 5.11 Å². The van der Waals surface area contributed by atoms with Gasteiger partial charge in [-0.15, -0.1) is 10.2 Å². The predicted molar refractivity (Wildman–Crippen MR) is 68.3 cm³/mol. The number of phenols is 1. The largest absolute Gasteiger partial charge is 0.508 e. The Morgan fingerprint density at radius 1 is 1.06 bits per heavy atom. The van der Waals surface area contributed by atoms with Crippen LogP contribution in [0.4, 0.5) is 5.69 Å². The number of fused-ring (bicyclic) bond motifs is 1. The van der Waals surface area contributed by atoms with Crippen LogP contribution in [0, 0.1) is 0 Å². The van der Waals surface area contributed by atoms with Gasteiger partial charge in [0.1, 0.15) is 11.6 Å². The number of pyridine rings is 1. The van der Waals surface area contributed by atoms with Gasteiger partial charge in [0, 0.05) is 18.3 Å². The van der Waals surface area contributed by atoms with Crippen LogP contribution < -0.4 is 5.73 Å². The first kappa shape index (κ1) is 10.6. The molecule has 0 saturated carbocycles. The van der Waals surface area contributed by atoms with Gasteiger partial charge in [-0.3, -0.25) is 4.40 Å². The number of benzene rings is 1. The van der Waals surface area contributed by atoms with Crippen molar-refractivity contribution in [3.8, 4) is 5.75 Å². The average Bonchev–Trinajstić information content (AvgIpc) is 2.75. The van der Waals surface area contributed by atoms with Crippen LogP contribution in [0.1, 0.15) is 11.4 Å². The Labute approximate surface area is 104 Å². The molecule has 2 aromatic heterocycles. The van der Waals surface area contributed by atoms with Crippen LogP contribution in [-0.2, 0) is 6.42 Å². The highest BCUT2D eigenvalue weighted by Crippen LogP contribution is 2.14. The number of aromatic nitrogens is 3. The zero-order valence-electron chi connectivity index (χ0n) is 9.61. The van der Waals surface area contributed by atoms with E-state index in [9.17, 15) is 5.11 Å². The summed E-state index contributed by atoms with van der Waals surface area (Å²) in [5.74, 6) is 1.08. The Morgan fingerprint density at radius 3 is 2.61 bits per heavy atom. The summed E-state index contributed by atoms with van der Waals surface area (Å²) >= 11 is 0. The summed E-state index contributed by atoms with van der Waals surface area (Å²) in [6.07, 6.45) is 2.45. The molecule has 1 aromatic carbocycles. The average molecular weight is 240 g/mol. The lowest BCUT2D eigenvalue weighted by atomic mass is 10.1. The molecule has 0 spiro atoms. The van der Waals surface area contributed by atoms with E-state index in [1.54, 1.807) is 18.2 Å². The van der Waals surface area contributed by atoms with Crippen molar-refractivity contribution in [1.82, 2.24) is 14.6 Å². The van der Waals surface area contributed by atoms with Crippen LogP contribution in [-0.4, -0.2) is 19.7 Å². The van der Waals surface area contributed by atoms with E-state index in [0.29, 0.717) is 12.1 Å². The monoisotopic (exact) mass is 240 g/mol. The topological polar surface area (TPSA) is 76.4 Å². The van der Waals surface area contributed by atoms with Crippen LogP contribution in [0.3, 0.4) is 0 Å². The molecule has 18 heavy (non-hydrogen) atoms. The third-order valence-electron chi connectivity index (χ3n) is 2.79. The molecule has 5 heteroatoms. The smallest absolute Gasteiger partial charge is 0.160 e. The fourth-order valence-electron chi connectivity index (χ4n) is 1.87. The number of nitrogen functional groups attached to an aromatic ring is 1. The van der Waals surface area contributed by atoms with Gasteiger partial charge in [-0.1, -0.05) is 12.1 Å². The van der Waals surface area contributed by atoms with Gasteiger partial charge in [0.05, 0.1) is 0 Å². The Balaban J connectivity index is 1.99. The van der Waals surface area contributed by atoms with E-state index in [4.69, 9.17) is 5.73 Å². The van der Waals surface area contributed by atoms with Gasteiger partial charge in [0.2, 0.25) is 0 Å². The Kier molecular flexibility index (Phi) is 2.37. The second kappa shape index (κ2) is 4.03. The lowest BCUT2D eigenvalue weighted by Crippen LogP contribution is -1.97. The predicted octanol–water partition coefficient (Wildman–Crippen LogP) is 1.61. The second-order valence-corrected chi connectivity index (χ2v) is 4.15. The van der Waals surface area contributed by atoms with Crippen LogP contribution in [0.15, 0.2) is 42.6 Å². The van der Waals surface area contributed by atoms with Crippen LogP contribution in [0.2, 0.25) is 0 Å². The van der Waals surface area contributed by atoms with E-state index in [2.05, 4.69) is 10.2 Å². The lowest BCUT2D eigenvalue weighted by molar-refractivity contribution is 0.475. The lowest BCUT2D eigenvalue weighted by Gasteiger charge is -2.01. The molecule has 0 bridgehead atoms. The molecule has 0 amide bonds. The first-order chi connectivity index (χ1) is 8.72. The molecular formula is C13H12N4O. The molecule has 3 rings (SSSR count). The van der Waals surface area contributed by atoms with Gasteiger partial charge < -0.3 is 10.8 Å². The number of phenolic OH excluding ortho intramolecular Hbond substituents is 1. The molecule has 0 atom stereocenters. The fraction of sp³-hybridized carbons (Fsp3) is 0.0769. The number of nitrogens with two attached hydrogens (primary N) is 1. The van der Waals surface area contributed by atoms with Crippen molar-refractivity contribution in [2.45, 2.75) is 6.42 Å². The SMILES string of the molecule is Nc1ccc2nnc(Cc3ccc(O)cc3)n2c1. The van der Waals surface area contributed by atoms with Crippen LogP contribution in [0.5, 0.6) is 5.75 Å². The molecule has 3 N–H and O–H groups in total. The Hall–Kier alpha value is -2.56. The van der Waals surface area contributed by atoms with E-state index in [1.807, 2.05) is 28.8 Å². The van der Waals surface area contributed by atoms with Gasteiger partial charge >= 0.3 is 0 Å². The first-order valence-corrected chi connectivity index (χ1v) is 5.59. The van der Waals surface area contributed by atoms with E-state index in [-0.39, 0.29) is 5.75 Å². The highest BCUT2D eigenvalue weighted by atomic mass is 16.3. The Morgan fingerprint density at radius 2 is 1.83 bits per heavy atom. The normalized spacial score (nSPS) is 10.9. The minimum Gasteiger partial charge on any atom is -0.508 e. The van der Waals surface area contributed by atoms with Crippen molar-refractivity contribution in [1.29, 1.82) is 0 Å². The summed E-state index contributed by atoms with van der Waals surface area (Å²) in [4.78, 5) is 0. The van der Waals surface area contributed by atoms with Gasteiger partial charge in [-0.2, -0.15) is 0 Å². The minimum absolute atomic E-state index is 0.258. The third-order valence-corrected chi connectivity index (χ3v) is 2.79. The molecule has 0 radical (unpaired) electrons. The van der Waals surface area contributed by atoms with Crippen molar-refractivity contribution in [3.05, 3.63) is 54.0 Å². The van der Waals surface area contributed by atoms with E-state index in [1.165, 1.54) is 0 Å². The van der Waals surface area contributed by atoms with Crippen LogP contribution >= 0.6 is 0 Å². The maximum Gasteiger partial charge on any atom is 0.160 e. The molecule has 90 valence electrons. The van der Waals surface area contributed by atoms with E-state index < -0.39 is 0 Å². The molecular weight excluding hydrogens is 228 g/mol. The second-order valence-electron chi connectivity index (χ2n) is 4.15. The zero-order valence-corrected chi connectivity index (χ0v) is 9.61. The van der Waals surface area contributed by atoms with Crippen molar-refractivity contribution in [2.75, 3.05) is 5.73 Å². The number of aromatic hydroxyl groups is 1. The summed E-state index contributed by atoms with van der Waals surface area (Å²) < 4.78 is 1.88. The molecule has 0 fully saturated rings. The van der Waals surface area contributed by atoms with Gasteiger partial charge in [-0.05, 0) is 29.8 Å². The van der Waals surface area contributed by atoms with Crippen LogP contribution in [0.25, 0.3) is 5.65 Å². The number of hydrogen-bond acceptors (Lipinski definition) is 4. The van der Waals surface area contributed by atoms with Gasteiger partial charge in [0.25, 0.3) is 0 Å². The molecule has 0 unspecified atom stereocenters. The number of nitrogens with zero attached hydrogens (tertiary/aromatic N) is 3. The summed E-state index contributed by atoms with van der Waals surface area (Å²) in [5, 5.41) is 17.5. The highest BCUT2D eigenvalue weighted by Gasteiger charge is 2.06. The van der Waals surface area contributed by atoms with Crippen molar-refractivity contribution in [2.24, 2.45) is 0 Å². The maximum atomic E-state index is 9.24. The summed E-state index contributed by atoms with van der Waals surface area (Å²) in [6.45, 7) is 0. The molecule has 2 heterocycles.